The smallest absolute Gasteiger partial charge is 0.309 e. The second kappa shape index (κ2) is 9.87. The highest BCUT2D eigenvalue weighted by atomic mass is 16.5. The van der Waals surface area contributed by atoms with Gasteiger partial charge in [-0.05, 0) is 49.5 Å². The lowest BCUT2D eigenvalue weighted by Gasteiger charge is -2.29. The molecule has 2 atom stereocenters. The highest BCUT2D eigenvalue weighted by molar-refractivity contribution is 5.91. The predicted octanol–water partition coefficient (Wildman–Crippen LogP) is 3.19. The minimum atomic E-state index is -0.163. The van der Waals surface area contributed by atoms with Gasteiger partial charge in [0.2, 0.25) is 5.91 Å². The maximum Gasteiger partial charge on any atom is 0.309 e. The number of hydrogen-bond acceptors (Lipinski definition) is 4. The molecular weight excluding hydrogens is 318 g/mol. The van der Waals surface area contributed by atoms with Crippen molar-refractivity contribution in [2.45, 2.75) is 32.6 Å². The Kier molecular flexibility index (Phi) is 7.51. The van der Waals surface area contributed by atoms with Crippen LogP contribution in [0.15, 0.2) is 30.3 Å². The predicted molar refractivity (Wildman–Crippen MR) is 97.1 cm³/mol. The van der Waals surface area contributed by atoms with Crippen molar-refractivity contribution in [3.8, 4) is 5.75 Å². The lowest BCUT2D eigenvalue weighted by molar-refractivity contribution is -0.148. The molecular formula is C20H27NO4. The standard InChI is InChI=1S/C20H27NO4/c1-3-25-17-11-8-15(9-12-17)10-13-19(22)21-14-16-6-4-5-7-18(16)20(23)24-2/h8-13,16,18H,3-7,14H2,1-2H3,(H,21,22)/b13-10+. The average molecular weight is 345 g/mol. The summed E-state index contributed by atoms with van der Waals surface area (Å²) in [6.45, 7) is 3.08. The Labute approximate surface area is 149 Å². The van der Waals surface area contributed by atoms with Gasteiger partial charge in [0.05, 0.1) is 19.6 Å². The lowest BCUT2D eigenvalue weighted by atomic mass is 9.79. The molecule has 5 nitrogen and oxygen atoms in total. The van der Waals surface area contributed by atoms with Gasteiger partial charge in [0, 0.05) is 12.6 Å². The number of ether oxygens (including phenoxy) is 2. The molecule has 1 fully saturated rings. The number of benzene rings is 1. The molecule has 0 spiro atoms. The molecule has 2 unspecified atom stereocenters. The van der Waals surface area contributed by atoms with Crippen LogP contribution in [0.4, 0.5) is 0 Å². The zero-order valence-corrected chi connectivity index (χ0v) is 15.0. The molecule has 1 saturated carbocycles. The second-order valence-electron chi connectivity index (χ2n) is 6.25. The Hall–Kier alpha value is -2.30. The second-order valence-corrected chi connectivity index (χ2v) is 6.25. The monoisotopic (exact) mass is 345 g/mol. The van der Waals surface area contributed by atoms with Crippen molar-refractivity contribution in [3.05, 3.63) is 35.9 Å². The summed E-state index contributed by atoms with van der Waals surface area (Å²) < 4.78 is 10.3. The van der Waals surface area contributed by atoms with Gasteiger partial charge in [-0.1, -0.05) is 25.0 Å². The summed E-state index contributed by atoms with van der Waals surface area (Å²) in [7, 11) is 1.42. The van der Waals surface area contributed by atoms with Crippen LogP contribution in [0.25, 0.3) is 6.08 Å². The number of methoxy groups -OCH3 is 1. The van der Waals surface area contributed by atoms with Crippen LogP contribution in [0.1, 0.15) is 38.2 Å². The highest BCUT2D eigenvalue weighted by Gasteiger charge is 2.31. The van der Waals surface area contributed by atoms with E-state index in [1.807, 2.05) is 31.2 Å². The van der Waals surface area contributed by atoms with E-state index in [2.05, 4.69) is 5.32 Å². The van der Waals surface area contributed by atoms with Gasteiger partial charge in [-0.25, -0.2) is 0 Å². The first-order valence-corrected chi connectivity index (χ1v) is 8.90. The molecule has 0 bridgehead atoms. The molecule has 1 amide bonds. The third-order valence-electron chi connectivity index (χ3n) is 4.57. The zero-order chi connectivity index (χ0) is 18.1. The van der Waals surface area contributed by atoms with Crippen LogP contribution in [0.2, 0.25) is 0 Å². The summed E-state index contributed by atoms with van der Waals surface area (Å²) in [5.74, 6) is 0.556. The van der Waals surface area contributed by atoms with E-state index in [0.29, 0.717) is 13.2 Å². The molecule has 0 radical (unpaired) electrons. The molecule has 1 aromatic rings. The fourth-order valence-corrected chi connectivity index (χ4v) is 3.22. The number of hydrogen-bond donors (Lipinski definition) is 1. The van der Waals surface area contributed by atoms with E-state index in [1.54, 1.807) is 6.08 Å². The van der Waals surface area contributed by atoms with Crippen molar-refractivity contribution in [1.29, 1.82) is 0 Å². The lowest BCUT2D eigenvalue weighted by Crippen LogP contribution is -2.37. The van der Waals surface area contributed by atoms with Crippen molar-refractivity contribution in [3.63, 3.8) is 0 Å². The van der Waals surface area contributed by atoms with Crippen LogP contribution in [-0.2, 0) is 14.3 Å². The van der Waals surface area contributed by atoms with E-state index in [0.717, 1.165) is 37.0 Å². The summed E-state index contributed by atoms with van der Waals surface area (Å²) in [6, 6.07) is 7.57. The van der Waals surface area contributed by atoms with E-state index in [9.17, 15) is 9.59 Å². The molecule has 1 aliphatic rings. The van der Waals surface area contributed by atoms with Gasteiger partial charge in [-0.2, -0.15) is 0 Å². The molecule has 1 N–H and O–H groups in total. The number of esters is 1. The summed E-state index contributed by atoms with van der Waals surface area (Å²) >= 11 is 0. The van der Waals surface area contributed by atoms with Gasteiger partial charge in [-0.15, -0.1) is 0 Å². The van der Waals surface area contributed by atoms with Crippen LogP contribution in [0.3, 0.4) is 0 Å². The van der Waals surface area contributed by atoms with Gasteiger partial charge in [-0.3, -0.25) is 9.59 Å². The topological polar surface area (TPSA) is 64.6 Å². The fourth-order valence-electron chi connectivity index (χ4n) is 3.22. The Bertz CT molecular complexity index is 594. The van der Waals surface area contributed by atoms with Crippen molar-refractivity contribution in [2.75, 3.05) is 20.3 Å². The molecule has 0 heterocycles. The number of rotatable bonds is 7. The third-order valence-corrected chi connectivity index (χ3v) is 4.57. The maximum atomic E-state index is 12.0. The number of amides is 1. The summed E-state index contributed by atoms with van der Waals surface area (Å²) in [6.07, 6.45) is 7.21. The largest absolute Gasteiger partial charge is 0.494 e. The molecule has 136 valence electrons. The van der Waals surface area contributed by atoms with E-state index < -0.39 is 0 Å². The van der Waals surface area contributed by atoms with Crippen molar-refractivity contribution in [1.82, 2.24) is 5.32 Å². The molecule has 2 rings (SSSR count). The van der Waals surface area contributed by atoms with E-state index >= 15 is 0 Å². The summed E-state index contributed by atoms with van der Waals surface area (Å²) in [5, 5.41) is 2.91. The van der Waals surface area contributed by atoms with Gasteiger partial charge in [0.15, 0.2) is 0 Å². The fraction of sp³-hybridized carbons (Fsp3) is 0.500. The molecule has 5 heteroatoms. The highest BCUT2D eigenvalue weighted by Crippen LogP contribution is 2.30. The van der Waals surface area contributed by atoms with Crippen LogP contribution in [0.5, 0.6) is 5.75 Å². The normalized spacial score (nSPS) is 20.2. The number of carbonyl (C=O) groups is 2. The first-order valence-electron chi connectivity index (χ1n) is 8.90. The van der Waals surface area contributed by atoms with Gasteiger partial charge < -0.3 is 14.8 Å². The Balaban J connectivity index is 1.83. The molecule has 25 heavy (non-hydrogen) atoms. The molecule has 1 aromatic carbocycles. The van der Waals surface area contributed by atoms with Crippen LogP contribution >= 0.6 is 0 Å². The zero-order valence-electron chi connectivity index (χ0n) is 15.0. The Morgan fingerprint density at radius 1 is 1.20 bits per heavy atom. The van der Waals surface area contributed by atoms with Crippen molar-refractivity contribution in [2.24, 2.45) is 11.8 Å². The van der Waals surface area contributed by atoms with Crippen LogP contribution in [-0.4, -0.2) is 32.1 Å². The summed E-state index contributed by atoms with van der Waals surface area (Å²) in [4.78, 5) is 23.9. The number of carbonyl (C=O) groups excluding carboxylic acids is 2. The van der Waals surface area contributed by atoms with Crippen molar-refractivity contribution >= 4 is 18.0 Å². The minimum absolute atomic E-state index is 0.103. The van der Waals surface area contributed by atoms with E-state index in [-0.39, 0.29) is 23.7 Å². The molecule has 0 saturated heterocycles. The van der Waals surface area contributed by atoms with Gasteiger partial charge in [0.1, 0.15) is 5.75 Å². The van der Waals surface area contributed by atoms with Crippen molar-refractivity contribution < 1.29 is 19.1 Å². The molecule has 0 aromatic heterocycles. The number of nitrogens with one attached hydrogen (secondary N) is 1. The van der Waals surface area contributed by atoms with Gasteiger partial charge >= 0.3 is 5.97 Å². The minimum Gasteiger partial charge on any atom is -0.494 e. The first-order chi connectivity index (χ1) is 12.1. The van der Waals surface area contributed by atoms with Gasteiger partial charge in [0.25, 0.3) is 0 Å². The Morgan fingerprint density at radius 2 is 1.92 bits per heavy atom. The quantitative estimate of drug-likeness (QED) is 0.609. The Morgan fingerprint density at radius 3 is 2.60 bits per heavy atom. The van der Waals surface area contributed by atoms with Crippen LogP contribution < -0.4 is 10.1 Å². The van der Waals surface area contributed by atoms with E-state index in [1.165, 1.54) is 13.2 Å². The average Bonchev–Trinajstić information content (AvgIpc) is 2.65. The van der Waals surface area contributed by atoms with Crippen LogP contribution in [0, 0.1) is 11.8 Å². The third kappa shape index (κ3) is 5.93. The molecule has 1 aliphatic carbocycles. The summed E-state index contributed by atoms with van der Waals surface area (Å²) in [5.41, 5.74) is 0.934. The van der Waals surface area contributed by atoms with E-state index in [4.69, 9.17) is 9.47 Å². The molecule has 0 aliphatic heterocycles. The first kappa shape index (κ1) is 19.0. The maximum absolute atomic E-state index is 12.0. The SMILES string of the molecule is CCOc1ccc(/C=C/C(=O)NCC2CCCCC2C(=O)OC)cc1.